The van der Waals surface area contributed by atoms with Gasteiger partial charge in [0.25, 0.3) is 0 Å². The SMILES string of the molecule is CC.CC1CCSCO1. The number of ether oxygens (including phenoxy) is 1. The summed E-state index contributed by atoms with van der Waals surface area (Å²) in [6.45, 7) is 6.12. The lowest BCUT2D eigenvalue weighted by Gasteiger charge is -2.16. The normalized spacial score (nSPS) is 26.3. The fraction of sp³-hybridized carbons (Fsp3) is 1.00. The van der Waals surface area contributed by atoms with E-state index in [2.05, 4.69) is 6.92 Å². The van der Waals surface area contributed by atoms with E-state index in [-0.39, 0.29) is 0 Å². The Morgan fingerprint density at radius 3 is 2.33 bits per heavy atom. The monoisotopic (exact) mass is 148 g/mol. The molecule has 1 nitrogen and oxygen atoms in total. The molecule has 0 aromatic carbocycles. The van der Waals surface area contributed by atoms with E-state index in [9.17, 15) is 0 Å². The summed E-state index contributed by atoms with van der Waals surface area (Å²) in [5.41, 5.74) is 0. The lowest BCUT2D eigenvalue weighted by Crippen LogP contribution is -2.13. The molecule has 56 valence electrons. The van der Waals surface area contributed by atoms with E-state index in [4.69, 9.17) is 4.74 Å². The van der Waals surface area contributed by atoms with Gasteiger partial charge in [0.15, 0.2) is 0 Å². The predicted molar refractivity (Wildman–Crippen MR) is 43.8 cm³/mol. The molecule has 1 saturated heterocycles. The van der Waals surface area contributed by atoms with E-state index in [1.54, 1.807) is 0 Å². The Labute approximate surface area is 62.2 Å². The maximum atomic E-state index is 5.24. The van der Waals surface area contributed by atoms with Crippen LogP contribution in [0.1, 0.15) is 27.2 Å². The Bertz CT molecular complexity index is 50.9. The van der Waals surface area contributed by atoms with Gasteiger partial charge in [0, 0.05) is 0 Å². The third kappa shape index (κ3) is 4.79. The average Bonchev–Trinajstić information content (AvgIpc) is 1.94. The fourth-order valence-electron chi connectivity index (χ4n) is 0.556. The summed E-state index contributed by atoms with van der Waals surface area (Å²) in [5.74, 6) is 2.18. The van der Waals surface area contributed by atoms with Crippen LogP contribution in [-0.4, -0.2) is 17.8 Å². The highest BCUT2D eigenvalue weighted by Gasteiger charge is 2.06. The molecule has 0 saturated carbocycles. The summed E-state index contributed by atoms with van der Waals surface area (Å²) in [4.78, 5) is 0. The summed E-state index contributed by atoms with van der Waals surface area (Å²) in [6.07, 6.45) is 1.74. The van der Waals surface area contributed by atoms with Crippen molar-refractivity contribution in [2.75, 3.05) is 11.7 Å². The molecular formula is C7H16OS. The minimum Gasteiger partial charge on any atom is -0.368 e. The molecule has 1 unspecified atom stereocenters. The summed E-state index contributed by atoms with van der Waals surface area (Å²) < 4.78 is 5.24. The van der Waals surface area contributed by atoms with E-state index >= 15 is 0 Å². The Kier molecular flexibility index (Phi) is 6.65. The van der Waals surface area contributed by atoms with Crippen molar-refractivity contribution in [3.05, 3.63) is 0 Å². The topological polar surface area (TPSA) is 9.23 Å². The second-order valence-electron chi connectivity index (χ2n) is 1.79. The van der Waals surface area contributed by atoms with Gasteiger partial charge in [-0.05, 0) is 19.1 Å². The lowest BCUT2D eigenvalue weighted by molar-refractivity contribution is 0.0959. The molecule has 1 heterocycles. The van der Waals surface area contributed by atoms with E-state index in [0.29, 0.717) is 6.10 Å². The van der Waals surface area contributed by atoms with Gasteiger partial charge in [-0.1, -0.05) is 13.8 Å². The molecule has 0 bridgehead atoms. The molecule has 0 radical (unpaired) electrons. The largest absolute Gasteiger partial charge is 0.368 e. The van der Waals surface area contributed by atoms with Crippen LogP contribution in [0.2, 0.25) is 0 Å². The first kappa shape index (κ1) is 9.31. The molecule has 0 spiro atoms. The van der Waals surface area contributed by atoms with Crippen LogP contribution in [0.3, 0.4) is 0 Å². The Balaban J connectivity index is 0.000000291. The van der Waals surface area contributed by atoms with E-state index in [0.717, 1.165) is 5.94 Å². The number of hydrogen-bond donors (Lipinski definition) is 0. The fourth-order valence-corrected chi connectivity index (χ4v) is 1.50. The summed E-state index contributed by atoms with van der Waals surface area (Å²) in [6, 6.07) is 0. The second-order valence-corrected chi connectivity index (χ2v) is 2.84. The maximum Gasteiger partial charge on any atom is 0.0924 e. The van der Waals surface area contributed by atoms with Gasteiger partial charge < -0.3 is 4.74 Å². The quantitative estimate of drug-likeness (QED) is 0.522. The molecule has 0 aliphatic carbocycles. The first-order valence-electron chi connectivity index (χ1n) is 3.59. The van der Waals surface area contributed by atoms with Gasteiger partial charge >= 0.3 is 0 Å². The van der Waals surface area contributed by atoms with Gasteiger partial charge in [0.05, 0.1) is 12.0 Å². The van der Waals surface area contributed by atoms with Crippen LogP contribution in [0.15, 0.2) is 0 Å². The molecule has 1 rings (SSSR count). The minimum absolute atomic E-state index is 0.515. The van der Waals surface area contributed by atoms with Gasteiger partial charge in [-0.15, -0.1) is 11.8 Å². The molecule has 1 atom stereocenters. The Hall–Kier alpha value is 0.310. The van der Waals surface area contributed by atoms with E-state index in [1.165, 1.54) is 12.2 Å². The van der Waals surface area contributed by atoms with Gasteiger partial charge in [-0.3, -0.25) is 0 Å². The number of hydrogen-bond acceptors (Lipinski definition) is 2. The smallest absolute Gasteiger partial charge is 0.0924 e. The van der Waals surface area contributed by atoms with Crippen LogP contribution < -0.4 is 0 Å². The molecule has 0 aromatic rings. The van der Waals surface area contributed by atoms with Gasteiger partial charge in [-0.25, -0.2) is 0 Å². The molecule has 0 aromatic heterocycles. The summed E-state index contributed by atoms with van der Waals surface area (Å²) in [5, 5.41) is 0. The molecule has 1 fully saturated rings. The van der Waals surface area contributed by atoms with E-state index in [1.807, 2.05) is 25.6 Å². The van der Waals surface area contributed by atoms with Crippen molar-refractivity contribution in [1.82, 2.24) is 0 Å². The van der Waals surface area contributed by atoms with Crippen molar-refractivity contribution in [2.24, 2.45) is 0 Å². The van der Waals surface area contributed by atoms with Crippen molar-refractivity contribution in [2.45, 2.75) is 33.3 Å². The highest BCUT2D eigenvalue weighted by molar-refractivity contribution is 7.99. The van der Waals surface area contributed by atoms with Gasteiger partial charge in [0.2, 0.25) is 0 Å². The number of thioether (sulfide) groups is 1. The lowest BCUT2D eigenvalue weighted by atomic mass is 10.3. The van der Waals surface area contributed by atoms with Crippen molar-refractivity contribution in [3.63, 3.8) is 0 Å². The van der Waals surface area contributed by atoms with Gasteiger partial charge in [0.1, 0.15) is 0 Å². The maximum absolute atomic E-state index is 5.24. The van der Waals surface area contributed by atoms with Gasteiger partial charge in [-0.2, -0.15) is 0 Å². The Morgan fingerprint density at radius 2 is 2.11 bits per heavy atom. The highest BCUT2D eigenvalue weighted by Crippen LogP contribution is 2.14. The average molecular weight is 148 g/mol. The van der Waals surface area contributed by atoms with Crippen molar-refractivity contribution in [3.8, 4) is 0 Å². The first-order valence-corrected chi connectivity index (χ1v) is 4.74. The van der Waals surface area contributed by atoms with Crippen LogP contribution in [-0.2, 0) is 4.74 Å². The van der Waals surface area contributed by atoms with Crippen LogP contribution in [0.4, 0.5) is 0 Å². The Morgan fingerprint density at radius 1 is 1.44 bits per heavy atom. The molecule has 0 amide bonds. The molecule has 1 aliphatic heterocycles. The third-order valence-electron chi connectivity index (χ3n) is 1.10. The van der Waals surface area contributed by atoms with Crippen molar-refractivity contribution < 1.29 is 4.74 Å². The van der Waals surface area contributed by atoms with E-state index < -0.39 is 0 Å². The summed E-state index contributed by atoms with van der Waals surface area (Å²) >= 11 is 1.88. The zero-order chi connectivity index (χ0) is 7.11. The van der Waals surface area contributed by atoms with Crippen molar-refractivity contribution in [1.29, 1.82) is 0 Å². The standard InChI is InChI=1S/C5H10OS.C2H6/c1-5-2-3-7-4-6-5;1-2/h5H,2-4H2,1H3;1-2H3. The zero-order valence-corrected chi connectivity index (χ0v) is 7.33. The van der Waals surface area contributed by atoms with Crippen LogP contribution in [0.25, 0.3) is 0 Å². The first-order chi connectivity index (χ1) is 4.39. The minimum atomic E-state index is 0.515. The van der Waals surface area contributed by atoms with Crippen LogP contribution in [0.5, 0.6) is 0 Å². The second kappa shape index (κ2) is 6.43. The number of rotatable bonds is 0. The summed E-state index contributed by atoms with van der Waals surface area (Å²) in [7, 11) is 0. The zero-order valence-electron chi connectivity index (χ0n) is 6.52. The van der Waals surface area contributed by atoms with Crippen molar-refractivity contribution >= 4 is 11.8 Å². The molecule has 0 N–H and O–H groups in total. The predicted octanol–water partition coefficient (Wildman–Crippen LogP) is 2.51. The molecule has 9 heavy (non-hydrogen) atoms. The van der Waals surface area contributed by atoms with Crippen LogP contribution >= 0.6 is 11.8 Å². The van der Waals surface area contributed by atoms with Crippen LogP contribution in [0, 0.1) is 0 Å². The third-order valence-corrected chi connectivity index (χ3v) is 1.93. The molecule has 2 heteroatoms. The molecule has 1 aliphatic rings. The molecular weight excluding hydrogens is 132 g/mol. The highest BCUT2D eigenvalue weighted by atomic mass is 32.2.